The number of aliphatic imine (C=N–C) groups is 1. The van der Waals surface area contributed by atoms with Gasteiger partial charge in [-0.3, -0.25) is 9.79 Å². The van der Waals surface area contributed by atoms with Crippen molar-refractivity contribution in [1.82, 2.24) is 5.32 Å². The number of nitrogens with zero attached hydrogens (tertiary/aromatic N) is 1. The first-order valence-corrected chi connectivity index (χ1v) is 7.57. The number of nitrogens with one attached hydrogen (secondary N) is 1. The monoisotopic (exact) mass is 284 g/mol. The zero-order valence-electron chi connectivity index (χ0n) is 11.6. The van der Waals surface area contributed by atoms with Gasteiger partial charge >= 0.3 is 0 Å². The molecule has 5 heteroatoms. The van der Waals surface area contributed by atoms with Crippen LogP contribution in [-0.2, 0) is 4.79 Å². The van der Waals surface area contributed by atoms with E-state index in [-0.39, 0.29) is 12.5 Å². The Hall–Kier alpha value is -0.840. The average Bonchev–Trinajstić information content (AvgIpc) is 2.65. The number of hydrogen-bond acceptors (Lipinski definition) is 3. The lowest BCUT2D eigenvalue weighted by atomic mass is 9.86. The topological polar surface area (TPSA) is 41.5 Å². The summed E-state index contributed by atoms with van der Waals surface area (Å²) in [6.07, 6.45) is 4.15. The molecule has 2 rings (SSSR count). The van der Waals surface area contributed by atoms with Crippen molar-refractivity contribution in [3.63, 3.8) is 0 Å². The molecule has 1 saturated carbocycles. The van der Waals surface area contributed by atoms with Crippen LogP contribution in [-0.4, -0.2) is 28.0 Å². The van der Waals surface area contributed by atoms with E-state index < -0.39 is 10.4 Å². The van der Waals surface area contributed by atoms with Gasteiger partial charge in [-0.25, -0.2) is 4.39 Å². The van der Waals surface area contributed by atoms with Crippen LogP contribution in [0, 0.1) is 0 Å². The fourth-order valence-electron chi connectivity index (χ4n) is 2.39. The van der Waals surface area contributed by atoms with Gasteiger partial charge in [0, 0.05) is 0 Å². The molecule has 0 aromatic heterocycles. The molecule has 2 fully saturated rings. The van der Waals surface area contributed by atoms with E-state index in [1.165, 1.54) is 11.8 Å². The average molecular weight is 284 g/mol. The van der Waals surface area contributed by atoms with Crippen LogP contribution in [0.3, 0.4) is 0 Å². The van der Waals surface area contributed by atoms with Gasteiger partial charge in [0.15, 0.2) is 5.17 Å². The molecular formula is C14H21FN2OS. The predicted octanol–water partition coefficient (Wildman–Crippen LogP) is 3.21. The van der Waals surface area contributed by atoms with Crippen LogP contribution in [0.4, 0.5) is 4.39 Å². The van der Waals surface area contributed by atoms with E-state index in [2.05, 4.69) is 16.9 Å². The number of amidine groups is 1. The molecule has 0 aromatic carbocycles. The number of carbonyl (C=O) groups excluding carboxylic acids is 1. The minimum atomic E-state index is -1.18. The van der Waals surface area contributed by atoms with E-state index in [0.717, 1.165) is 24.8 Å². The molecule has 1 aliphatic heterocycles. The highest BCUT2D eigenvalue weighted by Crippen LogP contribution is 2.38. The second kappa shape index (κ2) is 5.27. The number of amides is 1. The number of carbonyl (C=O) groups is 1. The number of thioether (sulfide) groups is 1. The van der Waals surface area contributed by atoms with E-state index in [0.29, 0.717) is 18.0 Å². The van der Waals surface area contributed by atoms with Crippen molar-refractivity contribution in [3.05, 3.63) is 12.2 Å². The fourth-order valence-corrected chi connectivity index (χ4v) is 3.37. The number of alkyl halides is 1. The summed E-state index contributed by atoms with van der Waals surface area (Å²) in [6, 6.07) is 0. The molecular weight excluding hydrogens is 263 g/mol. The summed E-state index contributed by atoms with van der Waals surface area (Å²) in [5, 5.41) is 3.26. The summed E-state index contributed by atoms with van der Waals surface area (Å²) >= 11 is 1.34. The molecule has 1 N–H and O–H groups in total. The van der Waals surface area contributed by atoms with Gasteiger partial charge in [-0.1, -0.05) is 43.2 Å². The summed E-state index contributed by atoms with van der Waals surface area (Å²) in [6.45, 7) is 7.65. The second-order valence-electron chi connectivity index (χ2n) is 5.70. The van der Waals surface area contributed by atoms with E-state index in [1.807, 2.05) is 13.8 Å². The molecule has 1 saturated heterocycles. The summed E-state index contributed by atoms with van der Waals surface area (Å²) < 4.78 is 13.8. The van der Waals surface area contributed by atoms with Crippen molar-refractivity contribution in [3.8, 4) is 0 Å². The van der Waals surface area contributed by atoms with Crippen LogP contribution < -0.4 is 5.32 Å². The van der Waals surface area contributed by atoms with E-state index in [9.17, 15) is 9.18 Å². The summed E-state index contributed by atoms with van der Waals surface area (Å²) in [7, 11) is 0. The molecule has 1 atom stereocenters. The zero-order valence-corrected chi connectivity index (χ0v) is 12.4. The molecule has 0 radical (unpaired) electrons. The predicted molar refractivity (Wildman–Crippen MR) is 78.2 cm³/mol. The largest absolute Gasteiger partial charge is 0.304 e. The Morgan fingerprint density at radius 3 is 2.63 bits per heavy atom. The lowest BCUT2D eigenvalue weighted by molar-refractivity contribution is -0.120. The Morgan fingerprint density at radius 2 is 2.11 bits per heavy atom. The number of hydrogen-bond donors (Lipinski definition) is 1. The van der Waals surface area contributed by atoms with E-state index >= 15 is 0 Å². The highest BCUT2D eigenvalue weighted by molar-refractivity contribution is 8.16. The number of halogens is 1. The van der Waals surface area contributed by atoms with Gasteiger partial charge in [-0.05, 0) is 26.7 Å². The quantitative estimate of drug-likeness (QED) is 0.809. The summed E-state index contributed by atoms with van der Waals surface area (Å²) in [5.41, 5.74) is -0.397. The molecule has 19 heavy (non-hydrogen) atoms. The van der Waals surface area contributed by atoms with Crippen LogP contribution >= 0.6 is 11.8 Å². The SMILES string of the molecule is C=C(C)[C@@]1(C)SC(=NCC2(F)CCCCC2)NC1=O. The van der Waals surface area contributed by atoms with Crippen molar-refractivity contribution in [2.45, 2.75) is 56.4 Å². The molecule has 1 heterocycles. The highest BCUT2D eigenvalue weighted by atomic mass is 32.2. The standard InChI is InChI=1S/C14H21FN2OS/c1-10(2)13(3)11(18)17-12(19-13)16-9-14(15)7-5-4-6-8-14/h1,4-9H2,2-3H3,(H,16,17,18)/t13-/m1/s1. The Labute approximate surface area is 118 Å². The van der Waals surface area contributed by atoms with Crippen molar-refractivity contribution >= 4 is 22.8 Å². The number of rotatable bonds is 3. The zero-order chi connectivity index (χ0) is 14.1. The normalized spacial score (nSPS) is 32.4. The van der Waals surface area contributed by atoms with Gasteiger partial charge in [0.25, 0.3) is 0 Å². The minimum Gasteiger partial charge on any atom is -0.304 e. The van der Waals surface area contributed by atoms with E-state index in [1.54, 1.807) is 0 Å². The lowest BCUT2D eigenvalue weighted by Crippen LogP contribution is -2.34. The Kier molecular flexibility index (Phi) is 4.04. The smallest absolute Gasteiger partial charge is 0.246 e. The van der Waals surface area contributed by atoms with Crippen LogP contribution in [0.25, 0.3) is 0 Å². The van der Waals surface area contributed by atoms with Gasteiger partial charge in [-0.2, -0.15) is 0 Å². The van der Waals surface area contributed by atoms with Crippen molar-refractivity contribution in [2.24, 2.45) is 4.99 Å². The Bertz CT molecular complexity index is 429. The molecule has 3 nitrogen and oxygen atoms in total. The van der Waals surface area contributed by atoms with Crippen LogP contribution in [0.15, 0.2) is 17.1 Å². The molecule has 0 spiro atoms. The van der Waals surface area contributed by atoms with Gasteiger partial charge in [-0.15, -0.1) is 0 Å². The first-order valence-electron chi connectivity index (χ1n) is 6.76. The van der Waals surface area contributed by atoms with Crippen LogP contribution in [0.1, 0.15) is 46.0 Å². The van der Waals surface area contributed by atoms with Gasteiger partial charge in [0.2, 0.25) is 5.91 Å². The van der Waals surface area contributed by atoms with Crippen LogP contribution in [0.2, 0.25) is 0 Å². The third-order valence-electron chi connectivity index (χ3n) is 4.02. The molecule has 1 amide bonds. The van der Waals surface area contributed by atoms with Crippen LogP contribution in [0.5, 0.6) is 0 Å². The second-order valence-corrected chi connectivity index (χ2v) is 7.11. The highest BCUT2D eigenvalue weighted by Gasteiger charge is 2.43. The van der Waals surface area contributed by atoms with Gasteiger partial charge in [0.1, 0.15) is 10.4 Å². The van der Waals surface area contributed by atoms with Crippen molar-refractivity contribution in [1.29, 1.82) is 0 Å². The van der Waals surface area contributed by atoms with E-state index in [4.69, 9.17) is 0 Å². The van der Waals surface area contributed by atoms with Gasteiger partial charge in [0.05, 0.1) is 6.54 Å². The van der Waals surface area contributed by atoms with Crippen molar-refractivity contribution < 1.29 is 9.18 Å². The Morgan fingerprint density at radius 1 is 1.47 bits per heavy atom. The maximum absolute atomic E-state index is 14.4. The Balaban J connectivity index is 2.02. The lowest BCUT2D eigenvalue weighted by Gasteiger charge is -2.27. The molecule has 0 bridgehead atoms. The fraction of sp³-hybridized carbons (Fsp3) is 0.714. The van der Waals surface area contributed by atoms with Gasteiger partial charge < -0.3 is 5.32 Å². The first kappa shape index (κ1) is 14.6. The molecule has 106 valence electrons. The summed E-state index contributed by atoms with van der Waals surface area (Å²) in [5.74, 6) is -0.111. The first-order chi connectivity index (χ1) is 8.86. The van der Waals surface area contributed by atoms with Crippen molar-refractivity contribution in [2.75, 3.05) is 6.54 Å². The minimum absolute atomic E-state index is 0.111. The molecule has 0 aromatic rings. The third kappa shape index (κ3) is 3.02. The molecule has 1 aliphatic carbocycles. The molecule has 0 unspecified atom stereocenters. The third-order valence-corrected chi connectivity index (χ3v) is 5.39. The summed E-state index contributed by atoms with van der Waals surface area (Å²) in [4.78, 5) is 16.2. The maximum Gasteiger partial charge on any atom is 0.246 e. The molecule has 2 aliphatic rings. The maximum atomic E-state index is 14.4.